The van der Waals surface area contributed by atoms with E-state index in [0.717, 1.165) is 17.2 Å². The number of hydrogen-bond acceptors (Lipinski definition) is 3. The van der Waals surface area contributed by atoms with Gasteiger partial charge in [0.15, 0.2) is 5.78 Å². The van der Waals surface area contributed by atoms with Crippen LogP contribution in [0.2, 0.25) is 5.02 Å². The minimum Gasteiger partial charge on any atom is -0.330 e. The van der Waals surface area contributed by atoms with Gasteiger partial charge in [0.2, 0.25) is 0 Å². The van der Waals surface area contributed by atoms with Gasteiger partial charge < -0.3 is 9.80 Å². The van der Waals surface area contributed by atoms with Crippen molar-refractivity contribution in [3.8, 4) is 0 Å². The maximum absolute atomic E-state index is 12.4. The molecule has 106 valence electrons. The molecule has 0 N–H and O–H groups in total. The molecule has 0 bridgehead atoms. The Morgan fingerprint density at radius 2 is 1.71 bits per heavy atom. The zero-order valence-electron chi connectivity index (χ0n) is 11.7. The van der Waals surface area contributed by atoms with Crippen molar-refractivity contribution in [1.82, 2.24) is 0 Å². The van der Waals surface area contributed by atoms with Crippen LogP contribution in [0, 0.1) is 0 Å². The number of ketones is 1. The van der Waals surface area contributed by atoms with Gasteiger partial charge in [-0.15, -0.1) is 0 Å². The molecule has 21 heavy (non-hydrogen) atoms. The average molecular weight is 299 g/mol. The summed E-state index contributed by atoms with van der Waals surface area (Å²) in [7, 11) is 1.95. The topological polar surface area (TPSA) is 23.6 Å². The quantitative estimate of drug-likeness (QED) is 0.802. The van der Waals surface area contributed by atoms with Crippen LogP contribution in [0.4, 0.5) is 11.4 Å². The van der Waals surface area contributed by atoms with Crippen LogP contribution in [0.25, 0.3) is 0 Å². The highest BCUT2D eigenvalue weighted by Gasteiger charge is 2.28. The largest absolute Gasteiger partial charge is 0.330 e. The van der Waals surface area contributed by atoms with Crippen LogP contribution in [0.5, 0.6) is 0 Å². The number of anilines is 2. The molecule has 0 unspecified atom stereocenters. The van der Waals surface area contributed by atoms with Crippen LogP contribution < -0.4 is 9.80 Å². The maximum atomic E-state index is 12.4. The van der Waals surface area contributed by atoms with Gasteiger partial charge in [-0.25, -0.2) is 0 Å². The zero-order chi connectivity index (χ0) is 15.0. The SMILES string of the molecule is C=C1N(C)c2ccccc2N1CC(=O)c1ccc(Cl)cc1. The Kier molecular flexibility index (Phi) is 3.43. The van der Waals surface area contributed by atoms with Crippen molar-refractivity contribution in [2.24, 2.45) is 0 Å². The number of carbonyl (C=O) groups is 1. The van der Waals surface area contributed by atoms with Crippen LogP contribution >= 0.6 is 11.6 Å². The van der Waals surface area contributed by atoms with Crippen molar-refractivity contribution in [1.29, 1.82) is 0 Å². The summed E-state index contributed by atoms with van der Waals surface area (Å²) >= 11 is 5.85. The molecule has 2 aromatic rings. The normalized spacial score (nSPS) is 13.5. The molecule has 0 saturated heterocycles. The summed E-state index contributed by atoms with van der Waals surface area (Å²) in [5.74, 6) is 0.844. The molecule has 0 aromatic heterocycles. The van der Waals surface area contributed by atoms with Crippen molar-refractivity contribution in [2.75, 3.05) is 23.4 Å². The smallest absolute Gasteiger partial charge is 0.182 e. The molecule has 0 spiro atoms. The lowest BCUT2D eigenvalue weighted by molar-refractivity contribution is 0.100. The number of rotatable bonds is 3. The molecule has 3 rings (SSSR count). The fourth-order valence-corrected chi connectivity index (χ4v) is 2.61. The van der Waals surface area contributed by atoms with Crippen molar-refractivity contribution in [2.45, 2.75) is 0 Å². The van der Waals surface area contributed by atoms with Gasteiger partial charge in [-0.3, -0.25) is 4.79 Å². The first-order chi connectivity index (χ1) is 10.1. The van der Waals surface area contributed by atoms with Gasteiger partial charge in [0.25, 0.3) is 0 Å². The number of carbonyl (C=O) groups excluding carboxylic acids is 1. The molecule has 0 atom stereocenters. The summed E-state index contributed by atoms with van der Waals surface area (Å²) in [6, 6.07) is 14.9. The number of halogens is 1. The van der Waals surface area contributed by atoms with Crippen LogP contribution in [-0.4, -0.2) is 19.4 Å². The van der Waals surface area contributed by atoms with Crippen molar-refractivity contribution in [3.63, 3.8) is 0 Å². The van der Waals surface area contributed by atoms with Crippen LogP contribution in [0.1, 0.15) is 10.4 Å². The number of benzene rings is 2. The van der Waals surface area contributed by atoms with Crippen LogP contribution in [-0.2, 0) is 0 Å². The highest BCUT2D eigenvalue weighted by Crippen LogP contribution is 2.39. The summed E-state index contributed by atoms with van der Waals surface area (Å²) < 4.78 is 0. The van der Waals surface area contributed by atoms with Crippen LogP contribution in [0.15, 0.2) is 60.9 Å². The molecular weight excluding hydrogens is 284 g/mol. The van der Waals surface area contributed by atoms with Crippen molar-refractivity contribution in [3.05, 3.63) is 71.5 Å². The molecule has 1 heterocycles. The molecule has 3 nitrogen and oxygen atoms in total. The zero-order valence-corrected chi connectivity index (χ0v) is 12.5. The standard InChI is InChI=1S/C17H15ClN2O/c1-12-19(2)15-5-3-4-6-16(15)20(12)11-17(21)13-7-9-14(18)10-8-13/h3-10H,1,11H2,2H3. The van der Waals surface area contributed by atoms with Gasteiger partial charge in [0, 0.05) is 17.6 Å². The molecule has 0 aliphatic carbocycles. The molecule has 0 fully saturated rings. The third-order valence-electron chi connectivity index (χ3n) is 3.70. The van der Waals surface area contributed by atoms with Crippen LogP contribution in [0.3, 0.4) is 0 Å². The summed E-state index contributed by atoms with van der Waals surface area (Å²) in [6.45, 7) is 4.34. The molecule has 0 amide bonds. The highest BCUT2D eigenvalue weighted by molar-refractivity contribution is 6.30. The van der Waals surface area contributed by atoms with Crippen molar-refractivity contribution >= 4 is 28.8 Å². The molecule has 4 heteroatoms. The van der Waals surface area contributed by atoms with E-state index in [1.807, 2.05) is 41.1 Å². The molecular formula is C17H15ClN2O. The lowest BCUT2D eigenvalue weighted by Gasteiger charge is -2.20. The lowest BCUT2D eigenvalue weighted by atomic mass is 10.1. The lowest BCUT2D eigenvalue weighted by Crippen LogP contribution is -2.30. The molecule has 2 aromatic carbocycles. The Hall–Kier alpha value is -2.26. The van der Waals surface area contributed by atoms with Crippen molar-refractivity contribution < 1.29 is 4.79 Å². The number of hydrogen-bond donors (Lipinski definition) is 0. The van der Waals surface area contributed by atoms with Gasteiger partial charge in [-0.2, -0.15) is 0 Å². The van der Waals surface area contributed by atoms with E-state index in [4.69, 9.17) is 11.6 Å². The summed E-state index contributed by atoms with van der Waals surface area (Å²) in [4.78, 5) is 16.4. The van der Waals surface area contributed by atoms with Gasteiger partial charge in [-0.1, -0.05) is 30.3 Å². The fraction of sp³-hybridized carbons (Fsp3) is 0.118. The number of fused-ring (bicyclic) bond motifs is 1. The Morgan fingerprint density at radius 3 is 2.38 bits per heavy atom. The fourth-order valence-electron chi connectivity index (χ4n) is 2.48. The minimum atomic E-state index is 0.0397. The third-order valence-corrected chi connectivity index (χ3v) is 3.95. The number of nitrogens with zero attached hydrogens (tertiary/aromatic N) is 2. The van der Waals surface area contributed by atoms with E-state index in [2.05, 4.69) is 6.58 Å². The Morgan fingerprint density at radius 1 is 1.10 bits per heavy atom. The van der Waals surface area contributed by atoms with E-state index in [1.54, 1.807) is 24.3 Å². The van der Waals surface area contributed by atoms with E-state index in [9.17, 15) is 4.79 Å². The van der Waals surface area contributed by atoms with E-state index >= 15 is 0 Å². The summed E-state index contributed by atoms with van der Waals surface area (Å²) in [5.41, 5.74) is 2.72. The predicted molar refractivity (Wildman–Crippen MR) is 87.1 cm³/mol. The van der Waals surface area contributed by atoms with E-state index in [1.165, 1.54) is 0 Å². The second kappa shape index (κ2) is 5.26. The van der Waals surface area contributed by atoms with E-state index in [0.29, 0.717) is 10.6 Å². The Balaban J connectivity index is 1.86. The molecule has 0 saturated carbocycles. The first-order valence-electron chi connectivity index (χ1n) is 6.66. The Labute approximate surface area is 129 Å². The van der Waals surface area contributed by atoms with E-state index in [-0.39, 0.29) is 12.3 Å². The van der Waals surface area contributed by atoms with Gasteiger partial charge >= 0.3 is 0 Å². The number of Topliss-reactive ketones (excluding diaryl/α,β-unsaturated/α-hetero) is 1. The maximum Gasteiger partial charge on any atom is 0.182 e. The first kappa shape index (κ1) is 13.7. The molecule has 1 aliphatic rings. The average Bonchev–Trinajstić information content (AvgIpc) is 2.73. The summed E-state index contributed by atoms with van der Waals surface area (Å²) in [5, 5.41) is 0.627. The first-order valence-corrected chi connectivity index (χ1v) is 7.03. The van der Waals surface area contributed by atoms with E-state index < -0.39 is 0 Å². The van der Waals surface area contributed by atoms with Gasteiger partial charge in [0.1, 0.15) is 5.82 Å². The summed E-state index contributed by atoms with van der Waals surface area (Å²) in [6.07, 6.45) is 0. The van der Waals surface area contributed by atoms with Gasteiger partial charge in [0.05, 0.1) is 17.9 Å². The highest BCUT2D eigenvalue weighted by atomic mass is 35.5. The predicted octanol–water partition coefficient (Wildman–Crippen LogP) is 3.95. The second-order valence-corrected chi connectivity index (χ2v) is 5.42. The van der Waals surface area contributed by atoms with Gasteiger partial charge in [-0.05, 0) is 36.4 Å². The number of para-hydroxylation sites is 2. The monoisotopic (exact) mass is 298 g/mol. The molecule has 1 aliphatic heterocycles. The molecule has 0 radical (unpaired) electrons. The second-order valence-electron chi connectivity index (χ2n) is 4.98. The Bertz CT molecular complexity index is 709. The minimum absolute atomic E-state index is 0.0397. The third kappa shape index (κ3) is 2.41.